The Morgan fingerprint density at radius 1 is 1.19 bits per heavy atom. The van der Waals surface area contributed by atoms with Crippen molar-refractivity contribution in [3.63, 3.8) is 0 Å². The highest BCUT2D eigenvalue weighted by Gasteiger charge is 2.12. The zero-order chi connectivity index (χ0) is 19.4. The van der Waals surface area contributed by atoms with Gasteiger partial charge in [0.2, 0.25) is 18.2 Å². The van der Waals surface area contributed by atoms with Crippen LogP contribution in [0.25, 0.3) is 11.5 Å². The quantitative estimate of drug-likeness (QED) is 0.726. The van der Waals surface area contributed by atoms with Crippen molar-refractivity contribution in [3.8, 4) is 11.5 Å². The van der Waals surface area contributed by atoms with E-state index in [9.17, 15) is 14.4 Å². The lowest BCUT2D eigenvalue weighted by Gasteiger charge is -2.11. The number of hydrogen-bond acceptors (Lipinski definition) is 6. The summed E-state index contributed by atoms with van der Waals surface area (Å²) in [5, 5.41) is 12.1. The van der Waals surface area contributed by atoms with E-state index in [0.29, 0.717) is 11.3 Å². The van der Waals surface area contributed by atoms with E-state index in [1.165, 1.54) is 18.3 Å². The number of benzene rings is 1. The van der Waals surface area contributed by atoms with E-state index in [4.69, 9.17) is 4.42 Å². The fraction of sp³-hybridized carbons (Fsp3) is 0.167. The topological polar surface area (TPSA) is 119 Å². The highest BCUT2D eigenvalue weighted by atomic mass is 16.4. The molecule has 9 heteroatoms. The summed E-state index contributed by atoms with van der Waals surface area (Å²) in [7, 11) is 0. The minimum absolute atomic E-state index is 0.219. The van der Waals surface area contributed by atoms with E-state index < -0.39 is 17.5 Å². The molecule has 9 nitrogen and oxygen atoms in total. The molecule has 0 unspecified atom stereocenters. The number of urea groups is 1. The molecule has 0 saturated carbocycles. The Morgan fingerprint density at radius 3 is 2.70 bits per heavy atom. The summed E-state index contributed by atoms with van der Waals surface area (Å²) in [4.78, 5) is 36.1. The van der Waals surface area contributed by atoms with Crippen LogP contribution in [0.3, 0.4) is 0 Å². The molecule has 1 aromatic carbocycles. The normalized spacial score (nSPS) is 10.4. The van der Waals surface area contributed by atoms with Gasteiger partial charge < -0.3 is 14.3 Å². The summed E-state index contributed by atoms with van der Waals surface area (Å²) in [6, 6.07) is 7.65. The molecule has 27 heavy (non-hydrogen) atoms. The van der Waals surface area contributed by atoms with Gasteiger partial charge in [0.25, 0.3) is 5.56 Å². The van der Waals surface area contributed by atoms with Crippen molar-refractivity contribution < 1.29 is 14.0 Å². The maximum atomic E-state index is 12.1. The lowest BCUT2D eigenvalue weighted by Crippen LogP contribution is -2.38. The lowest BCUT2D eigenvalue weighted by molar-refractivity contribution is -0.120. The van der Waals surface area contributed by atoms with Crippen molar-refractivity contribution in [3.05, 3.63) is 64.4 Å². The van der Waals surface area contributed by atoms with Crippen molar-refractivity contribution in [1.29, 1.82) is 0 Å². The highest BCUT2D eigenvalue weighted by Crippen LogP contribution is 2.16. The van der Waals surface area contributed by atoms with Gasteiger partial charge in [-0.15, -0.1) is 10.2 Å². The van der Waals surface area contributed by atoms with Gasteiger partial charge in [-0.25, -0.2) is 4.79 Å². The molecule has 0 atom stereocenters. The molecule has 0 aliphatic heterocycles. The Hall–Kier alpha value is -3.75. The molecule has 0 saturated heterocycles. The molecule has 0 bridgehead atoms. The average Bonchev–Trinajstić information content (AvgIpc) is 3.14. The van der Waals surface area contributed by atoms with E-state index in [-0.39, 0.29) is 12.4 Å². The number of hydrogen-bond donors (Lipinski definition) is 2. The van der Waals surface area contributed by atoms with Crippen molar-refractivity contribution in [1.82, 2.24) is 20.1 Å². The second kappa shape index (κ2) is 7.65. The third kappa shape index (κ3) is 4.46. The van der Waals surface area contributed by atoms with Crippen LogP contribution in [0, 0.1) is 13.8 Å². The first-order valence-electron chi connectivity index (χ1n) is 8.07. The minimum Gasteiger partial charge on any atom is -0.423 e. The maximum Gasteiger partial charge on any atom is 0.325 e. The number of amides is 3. The fourth-order valence-corrected chi connectivity index (χ4v) is 2.51. The van der Waals surface area contributed by atoms with Crippen LogP contribution in [0.4, 0.5) is 10.5 Å². The smallest absolute Gasteiger partial charge is 0.325 e. The van der Waals surface area contributed by atoms with Gasteiger partial charge in [0.1, 0.15) is 6.54 Å². The highest BCUT2D eigenvalue weighted by molar-refractivity contribution is 6.01. The second-order valence-electron chi connectivity index (χ2n) is 5.95. The van der Waals surface area contributed by atoms with Gasteiger partial charge in [-0.1, -0.05) is 17.7 Å². The van der Waals surface area contributed by atoms with Crippen molar-refractivity contribution in [2.75, 3.05) is 5.32 Å². The van der Waals surface area contributed by atoms with E-state index in [0.717, 1.165) is 22.1 Å². The van der Waals surface area contributed by atoms with Gasteiger partial charge in [-0.3, -0.25) is 14.9 Å². The predicted molar refractivity (Wildman–Crippen MR) is 97.1 cm³/mol. The van der Waals surface area contributed by atoms with Crippen LogP contribution in [0.15, 0.2) is 52.1 Å². The largest absolute Gasteiger partial charge is 0.423 e. The van der Waals surface area contributed by atoms with E-state index in [1.807, 2.05) is 26.0 Å². The SMILES string of the molecule is Cc1ccc(NC(=O)NC(=O)Cn2cc(-c3nnco3)ccc2=O)c(C)c1. The molecule has 2 aromatic heterocycles. The summed E-state index contributed by atoms with van der Waals surface area (Å²) in [5.41, 5.74) is 2.63. The number of carbonyl (C=O) groups is 2. The van der Waals surface area contributed by atoms with Crippen molar-refractivity contribution >= 4 is 17.6 Å². The van der Waals surface area contributed by atoms with Gasteiger partial charge in [0, 0.05) is 18.0 Å². The van der Waals surface area contributed by atoms with E-state index in [2.05, 4.69) is 20.8 Å². The number of nitrogens with zero attached hydrogens (tertiary/aromatic N) is 3. The van der Waals surface area contributed by atoms with Crippen molar-refractivity contribution in [2.24, 2.45) is 0 Å². The zero-order valence-electron chi connectivity index (χ0n) is 14.7. The first-order chi connectivity index (χ1) is 12.9. The zero-order valence-corrected chi connectivity index (χ0v) is 14.7. The Morgan fingerprint density at radius 2 is 2.00 bits per heavy atom. The molecular weight excluding hydrogens is 350 g/mol. The molecule has 3 amide bonds. The molecule has 138 valence electrons. The number of carbonyl (C=O) groups excluding carboxylic acids is 2. The summed E-state index contributed by atoms with van der Waals surface area (Å²) < 4.78 is 6.22. The number of aryl methyl sites for hydroxylation is 2. The lowest BCUT2D eigenvalue weighted by atomic mass is 10.1. The van der Waals surface area contributed by atoms with Crippen molar-refractivity contribution in [2.45, 2.75) is 20.4 Å². The average molecular weight is 367 g/mol. The van der Waals surface area contributed by atoms with Crippen LogP contribution in [0.2, 0.25) is 0 Å². The third-order valence-electron chi connectivity index (χ3n) is 3.79. The summed E-state index contributed by atoms with van der Waals surface area (Å²) in [6.45, 7) is 3.47. The van der Waals surface area contributed by atoms with Crippen LogP contribution >= 0.6 is 0 Å². The molecule has 3 rings (SSSR count). The molecule has 0 aliphatic rings. The second-order valence-corrected chi connectivity index (χ2v) is 5.95. The molecule has 2 N–H and O–H groups in total. The summed E-state index contributed by atoms with van der Waals surface area (Å²) in [6.07, 6.45) is 2.58. The molecule has 0 spiro atoms. The fourth-order valence-electron chi connectivity index (χ4n) is 2.51. The van der Waals surface area contributed by atoms with Gasteiger partial charge in [0.05, 0.1) is 5.56 Å². The standard InChI is InChI=1S/C18H17N5O4/c1-11-3-5-14(12(2)7-11)20-18(26)21-15(24)9-23-8-13(4-6-16(23)25)17-22-19-10-27-17/h3-8,10H,9H2,1-2H3,(H2,20,21,24,26). The number of aromatic nitrogens is 3. The third-order valence-corrected chi connectivity index (χ3v) is 3.79. The van der Waals surface area contributed by atoms with Crippen LogP contribution in [-0.2, 0) is 11.3 Å². The summed E-state index contributed by atoms with van der Waals surface area (Å²) >= 11 is 0. The molecular formula is C18H17N5O4. The Kier molecular flexibility index (Phi) is 5.11. The molecule has 3 aromatic rings. The van der Waals surface area contributed by atoms with Crippen LogP contribution in [0.5, 0.6) is 0 Å². The molecule has 0 fully saturated rings. The van der Waals surface area contributed by atoms with Gasteiger partial charge in [0.15, 0.2) is 0 Å². The maximum absolute atomic E-state index is 12.1. The van der Waals surface area contributed by atoms with E-state index in [1.54, 1.807) is 6.07 Å². The molecule has 0 radical (unpaired) electrons. The number of pyridine rings is 1. The Balaban J connectivity index is 1.66. The Bertz CT molecular complexity index is 1040. The first-order valence-corrected chi connectivity index (χ1v) is 8.07. The minimum atomic E-state index is -0.673. The Labute approximate surface area is 154 Å². The first kappa shape index (κ1) is 18.1. The van der Waals surface area contributed by atoms with Gasteiger partial charge in [-0.05, 0) is 31.5 Å². The number of rotatable bonds is 4. The predicted octanol–water partition coefficient (Wildman–Crippen LogP) is 1.86. The van der Waals surface area contributed by atoms with Gasteiger partial charge >= 0.3 is 6.03 Å². The van der Waals surface area contributed by atoms with Crippen LogP contribution in [-0.4, -0.2) is 26.7 Å². The summed E-state index contributed by atoms with van der Waals surface area (Å²) in [5.74, 6) is -0.418. The number of nitrogens with one attached hydrogen (secondary N) is 2. The molecule has 2 heterocycles. The number of anilines is 1. The number of imide groups is 1. The van der Waals surface area contributed by atoms with E-state index >= 15 is 0 Å². The van der Waals surface area contributed by atoms with Crippen LogP contribution in [0.1, 0.15) is 11.1 Å². The van der Waals surface area contributed by atoms with Gasteiger partial charge in [-0.2, -0.15) is 0 Å². The van der Waals surface area contributed by atoms with Crippen LogP contribution < -0.4 is 16.2 Å². The molecule has 0 aliphatic carbocycles. The monoisotopic (exact) mass is 367 g/mol.